The zero-order valence-electron chi connectivity index (χ0n) is 8.29. The first-order chi connectivity index (χ1) is 7.74. The standard InChI is InChI=1S/C11H9BrN4/c12-7-3-1-2-6-4-8(14-11(6)7)9-5-10(13)16-15-9/h1-5,14H,(H3,13,15,16). The highest BCUT2D eigenvalue weighted by atomic mass is 79.9. The summed E-state index contributed by atoms with van der Waals surface area (Å²) in [5.41, 5.74) is 8.52. The van der Waals surface area contributed by atoms with E-state index in [9.17, 15) is 0 Å². The van der Waals surface area contributed by atoms with Gasteiger partial charge in [0.25, 0.3) is 0 Å². The van der Waals surface area contributed by atoms with Gasteiger partial charge in [-0.25, -0.2) is 0 Å². The molecule has 0 saturated carbocycles. The molecule has 3 rings (SSSR count). The minimum absolute atomic E-state index is 0.493. The Morgan fingerprint density at radius 3 is 2.75 bits per heavy atom. The average Bonchev–Trinajstić information content (AvgIpc) is 2.84. The summed E-state index contributed by atoms with van der Waals surface area (Å²) in [6.45, 7) is 0. The average molecular weight is 277 g/mol. The lowest BCUT2D eigenvalue weighted by molar-refractivity contribution is 1.10. The summed E-state index contributed by atoms with van der Waals surface area (Å²) in [6.07, 6.45) is 0. The quantitative estimate of drug-likeness (QED) is 0.640. The molecule has 4 nitrogen and oxygen atoms in total. The van der Waals surface area contributed by atoms with E-state index in [4.69, 9.17) is 5.73 Å². The van der Waals surface area contributed by atoms with Gasteiger partial charge in [0.2, 0.25) is 0 Å². The van der Waals surface area contributed by atoms with Crippen LogP contribution in [0.2, 0.25) is 0 Å². The summed E-state index contributed by atoms with van der Waals surface area (Å²) < 4.78 is 1.05. The van der Waals surface area contributed by atoms with Crippen LogP contribution in [0.15, 0.2) is 34.8 Å². The second-order valence-electron chi connectivity index (χ2n) is 3.59. The molecule has 0 saturated heterocycles. The SMILES string of the molecule is Nc1cc(-c2cc3cccc(Br)c3[nH]2)[nH]n1. The van der Waals surface area contributed by atoms with Crippen molar-refractivity contribution in [1.82, 2.24) is 15.2 Å². The summed E-state index contributed by atoms with van der Waals surface area (Å²) >= 11 is 3.51. The Bertz CT molecular complexity index is 653. The number of nitrogens with zero attached hydrogens (tertiary/aromatic N) is 1. The number of anilines is 1. The lowest BCUT2D eigenvalue weighted by atomic mass is 10.2. The number of fused-ring (bicyclic) bond motifs is 1. The summed E-state index contributed by atoms with van der Waals surface area (Å²) in [7, 11) is 0. The number of rotatable bonds is 1. The van der Waals surface area contributed by atoms with Gasteiger partial charge in [0.05, 0.1) is 16.9 Å². The number of para-hydroxylation sites is 1. The molecule has 16 heavy (non-hydrogen) atoms. The van der Waals surface area contributed by atoms with E-state index in [0.29, 0.717) is 5.82 Å². The molecule has 2 heterocycles. The Balaban J connectivity index is 2.22. The van der Waals surface area contributed by atoms with Crippen molar-refractivity contribution in [2.45, 2.75) is 0 Å². The maximum absolute atomic E-state index is 5.57. The number of nitrogens with two attached hydrogens (primary N) is 1. The summed E-state index contributed by atoms with van der Waals surface area (Å²) in [5, 5.41) is 7.94. The highest BCUT2D eigenvalue weighted by molar-refractivity contribution is 9.10. The Kier molecular flexibility index (Phi) is 2.00. The van der Waals surface area contributed by atoms with Crippen LogP contribution in [0.3, 0.4) is 0 Å². The Morgan fingerprint density at radius 2 is 2.06 bits per heavy atom. The van der Waals surface area contributed by atoms with Crippen molar-refractivity contribution in [2.24, 2.45) is 0 Å². The number of H-pyrrole nitrogens is 2. The number of nitrogens with one attached hydrogen (secondary N) is 2. The molecule has 0 fully saturated rings. The molecule has 0 aliphatic carbocycles. The van der Waals surface area contributed by atoms with Gasteiger partial charge in [-0.05, 0) is 28.1 Å². The third-order valence-corrected chi connectivity index (χ3v) is 3.15. The number of hydrogen-bond donors (Lipinski definition) is 3. The molecule has 0 spiro atoms. The summed E-state index contributed by atoms with van der Waals surface area (Å²) in [5.74, 6) is 0.493. The summed E-state index contributed by atoms with van der Waals surface area (Å²) in [4.78, 5) is 3.32. The molecule has 2 aromatic heterocycles. The molecule has 3 aromatic rings. The van der Waals surface area contributed by atoms with E-state index in [1.54, 1.807) is 6.07 Å². The van der Waals surface area contributed by atoms with Crippen LogP contribution >= 0.6 is 15.9 Å². The molecule has 0 atom stereocenters. The van der Waals surface area contributed by atoms with Crippen LogP contribution in [0.1, 0.15) is 0 Å². The van der Waals surface area contributed by atoms with Crippen molar-refractivity contribution in [3.63, 3.8) is 0 Å². The lowest BCUT2D eigenvalue weighted by Gasteiger charge is -1.92. The molecular formula is C11H9BrN4. The Hall–Kier alpha value is -1.75. The predicted molar refractivity (Wildman–Crippen MR) is 68.0 cm³/mol. The highest BCUT2D eigenvalue weighted by Gasteiger charge is 2.07. The van der Waals surface area contributed by atoms with Crippen molar-refractivity contribution in [3.05, 3.63) is 34.8 Å². The van der Waals surface area contributed by atoms with Gasteiger partial charge in [-0.15, -0.1) is 0 Å². The van der Waals surface area contributed by atoms with Crippen LogP contribution in [-0.4, -0.2) is 15.2 Å². The molecule has 1 aromatic carbocycles. The molecule has 0 aliphatic rings. The highest BCUT2D eigenvalue weighted by Crippen LogP contribution is 2.28. The topological polar surface area (TPSA) is 70.5 Å². The maximum atomic E-state index is 5.57. The van der Waals surface area contributed by atoms with E-state index in [1.165, 1.54) is 0 Å². The molecule has 0 aliphatic heterocycles. The van der Waals surface area contributed by atoms with Crippen molar-refractivity contribution >= 4 is 32.7 Å². The van der Waals surface area contributed by atoms with Crippen LogP contribution in [-0.2, 0) is 0 Å². The Morgan fingerprint density at radius 1 is 1.19 bits per heavy atom. The van der Waals surface area contributed by atoms with Gasteiger partial charge < -0.3 is 10.7 Å². The summed E-state index contributed by atoms with van der Waals surface area (Å²) in [6, 6.07) is 9.93. The van der Waals surface area contributed by atoms with Crippen LogP contribution in [0.5, 0.6) is 0 Å². The van der Waals surface area contributed by atoms with Gasteiger partial charge in [0, 0.05) is 15.9 Å². The number of nitrogen functional groups attached to an aromatic ring is 1. The van der Waals surface area contributed by atoms with Gasteiger partial charge in [-0.1, -0.05) is 12.1 Å². The van der Waals surface area contributed by atoms with Gasteiger partial charge in [0.15, 0.2) is 0 Å². The van der Waals surface area contributed by atoms with Crippen LogP contribution in [0.25, 0.3) is 22.3 Å². The van der Waals surface area contributed by atoms with Gasteiger partial charge in [-0.2, -0.15) is 5.10 Å². The molecule has 0 bridgehead atoms. The molecular weight excluding hydrogens is 268 g/mol. The van der Waals surface area contributed by atoms with Crippen LogP contribution < -0.4 is 5.73 Å². The van der Waals surface area contributed by atoms with Gasteiger partial charge in [0.1, 0.15) is 5.82 Å². The van der Waals surface area contributed by atoms with Crippen molar-refractivity contribution in [1.29, 1.82) is 0 Å². The van der Waals surface area contributed by atoms with E-state index >= 15 is 0 Å². The molecule has 0 unspecified atom stereocenters. The van der Waals surface area contributed by atoms with Crippen molar-refractivity contribution < 1.29 is 0 Å². The molecule has 80 valence electrons. The first-order valence-corrected chi connectivity index (χ1v) is 5.62. The molecule has 4 N–H and O–H groups in total. The first kappa shape index (κ1) is 9.47. The zero-order chi connectivity index (χ0) is 11.1. The number of hydrogen-bond acceptors (Lipinski definition) is 2. The number of halogens is 1. The minimum atomic E-state index is 0.493. The van der Waals surface area contributed by atoms with Gasteiger partial charge in [-0.3, -0.25) is 5.10 Å². The number of aromatic amines is 2. The van der Waals surface area contributed by atoms with E-state index in [2.05, 4.69) is 43.2 Å². The van der Waals surface area contributed by atoms with E-state index in [1.807, 2.05) is 12.1 Å². The fourth-order valence-corrected chi connectivity index (χ4v) is 2.22. The fourth-order valence-electron chi connectivity index (χ4n) is 1.74. The van der Waals surface area contributed by atoms with E-state index < -0.39 is 0 Å². The molecule has 0 amide bonds. The fraction of sp³-hybridized carbons (Fsp3) is 0. The number of aromatic nitrogens is 3. The largest absolute Gasteiger partial charge is 0.382 e. The lowest BCUT2D eigenvalue weighted by Crippen LogP contribution is -1.81. The predicted octanol–water partition coefficient (Wildman–Crippen LogP) is 2.90. The number of benzene rings is 1. The molecule has 5 heteroatoms. The third kappa shape index (κ3) is 1.40. The second kappa shape index (κ2) is 3.38. The Labute approximate surface area is 100.0 Å². The van der Waals surface area contributed by atoms with Crippen molar-refractivity contribution in [3.8, 4) is 11.4 Å². The van der Waals surface area contributed by atoms with Crippen LogP contribution in [0.4, 0.5) is 5.82 Å². The maximum Gasteiger partial charge on any atom is 0.145 e. The van der Waals surface area contributed by atoms with E-state index in [0.717, 1.165) is 26.8 Å². The molecule has 0 radical (unpaired) electrons. The minimum Gasteiger partial charge on any atom is -0.382 e. The zero-order valence-corrected chi connectivity index (χ0v) is 9.88. The smallest absolute Gasteiger partial charge is 0.145 e. The third-order valence-electron chi connectivity index (χ3n) is 2.49. The van der Waals surface area contributed by atoms with Gasteiger partial charge >= 0.3 is 0 Å². The van der Waals surface area contributed by atoms with Crippen LogP contribution in [0, 0.1) is 0 Å². The first-order valence-electron chi connectivity index (χ1n) is 4.82. The monoisotopic (exact) mass is 276 g/mol. The second-order valence-corrected chi connectivity index (χ2v) is 4.45. The van der Waals surface area contributed by atoms with Crippen molar-refractivity contribution in [2.75, 3.05) is 5.73 Å². The van der Waals surface area contributed by atoms with E-state index in [-0.39, 0.29) is 0 Å². The normalized spacial score (nSPS) is 11.1.